The molecule has 0 unspecified atom stereocenters. The van der Waals surface area contributed by atoms with E-state index in [9.17, 15) is 4.79 Å². The minimum atomic E-state index is -0.336. The lowest BCUT2D eigenvalue weighted by atomic mass is 10.3. The number of halogens is 1. The molecule has 0 spiro atoms. The van der Waals surface area contributed by atoms with E-state index in [-0.39, 0.29) is 15.4 Å². The molecule has 0 aliphatic heterocycles. The Morgan fingerprint density at radius 2 is 2.32 bits per heavy atom. The van der Waals surface area contributed by atoms with Crippen LogP contribution in [0.1, 0.15) is 23.1 Å². The van der Waals surface area contributed by atoms with Gasteiger partial charge in [-0.2, -0.15) is 0 Å². The molecule has 0 saturated carbocycles. The third-order valence-corrected chi connectivity index (χ3v) is 3.18. The first-order valence-corrected chi connectivity index (χ1v) is 6.91. The number of hydrogen-bond donors (Lipinski definition) is 1. The first-order chi connectivity index (χ1) is 9.19. The van der Waals surface area contributed by atoms with Crippen LogP contribution in [0.4, 0.5) is 5.69 Å². The van der Waals surface area contributed by atoms with Crippen molar-refractivity contribution in [2.45, 2.75) is 13.3 Å². The van der Waals surface area contributed by atoms with Crippen LogP contribution in [-0.2, 0) is 0 Å². The number of nitrogens with zero attached hydrogens (tertiary/aromatic N) is 2. The maximum absolute atomic E-state index is 11.9. The lowest BCUT2D eigenvalue weighted by Crippen LogP contribution is -2.11. The van der Waals surface area contributed by atoms with Crippen LogP contribution in [0.5, 0.6) is 5.75 Å². The fraction of sp³-hybridized carbons (Fsp3) is 0.250. The summed E-state index contributed by atoms with van der Waals surface area (Å²) in [7, 11) is 0. The van der Waals surface area contributed by atoms with Gasteiger partial charge in [0.25, 0.3) is 5.91 Å². The van der Waals surface area contributed by atoms with Gasteiger partial charge in [-0.1, -0.05) is 24.3 Å². The molecule has 1 aromatic heterocycles. The molecule has 0 saturated heterocycles. The van der Waals surface area contributed by atoms with E-state index in [0.717, 1.165) is 23.5 Å². The molecule has 1 amide bonds. The molecule has 100 valence electrons. The Morgan fingerprint density at radius 3 is 3.00 bits per heavy atom. The van der Waals surface area contributed by atoms with Crippen molar-refractivity contribution >= 4 is 34.5 Å². The quantitative estimate of drug-likeness (QED) is 0.920. The molecular formula is C12H12ClN3O2S. The van der Waals surface area contributed by atoms with Crippen LogP contribution in [0.15, 0.2) is 24.3 Å². The largest absolute Gasteiger partial charge is 0.494 e. The number of carbonyl (C=O) groups is 1. The average molecular weight is 298 g/mol. The van der Waals surface area contributed by atoms with Gasteiger partial charge in [0.05, 0.1) is 6.61 Å². The molecule has 5 nitrogen and oxygen atoms in total. The molecule has 0 radical (unpaired) electrons. The van der Waals surface area contributed by atoms with Crippen LogP contribution < -0.4 is 10.1 Å². The van der Waals surface area contributed by atoms with Crippen molar-refractivity contribution in [1.82, 2.24) is 10.2 Å². The molecular weight excluding hydrogens is 286 g/mol. The number of hydrogen-bond acceptors (Lipinski definition) is 5. The van der Waals surface area contributed by atoms with Crippen molar-refractivity contribution < 1.29 is 9.53 Å². The van der Waals surface area contributed by atoms with Crippen LogP contribution >= 0.6 is 22.9 Å². The molecule has 2 rings (SSSR count). The Bertz CT molecular complexity index is 574. The van der Waals surface area contributed by atoms with Crippen molar-refractivity contribution in [3.05, 3.63) is 33.7 Å². The third kappa shape index (κ3) is 3.90. The van der Waals surface area contributed by atoms with Gasteiger partial charge in [0.1, 0.15) is 5.75 Å². The van der Waals surface area contributed by atoms with Gasteiger partial charge in [-0.3, -0.25) is 4.79 Å². The van der Waals surface area contributed by atoms with Crippen LogP contribution in [0.2, 0.25) is 4.47 Å². The van der Waals surface area contributed by atoms with E-state index in [4.69, 9.17) is 16.3 Å². The summed E-state index contributed by atoms with van der Waals surface area (Å²) in [6.45, 7) is 2.67. The van der Waals surface area contributed by atoms with Gasteiger partial charge in [0.2, 0.25) is 9.47 Å². The predicted octanol–water partition coefficient (Wildman–Crippen LogP) is 3.23. The van der Waals surface area contributed by atoms with Gasteiger partial charge >= 0.3 is 0 Å². The second-order valence-corrected chi connectivity index (χ2v) is 5.25. The molecule has 0 atom stereocenters. The van der Waals surface area contributed by atoms with Gasteiger partial charge in [-0.15, -0.1) is 10.2 Å². The highest BCUT2D eigenvalue weighted by atomic mass is 35.5. The van der Waals surface area contributed by atoms with Gasteiger partial charge in [0.15, 0.2) is 0 Å². The van der Waals surface area contributed by atoms with E-state index in [0.29, 0.717) is 12.3 Å². The number of benzene rings is 1. The zero-order valence-corrected chi connectivity index (χ0v) is 11.8. The molecule has 1 N–H and O–H groups in total. The summed E-state index contributed by atoms with van der Waals surface area (Å²) in [4.78, 5) is 11.9. The lowest BCUT2D eigenvalue weighted by Gasteiger charge is -2.07. The van der Waals surface area contributed by atoms with E-state index < -0.39 is 0 Å². The minimum absolute atomic E-state index is 0.227. The van der Waals surface area contributed by atoms with Crippen LogP contribution in [0.3, 0.4) is 0 Å². The highest BCUT2D eigenvalue weighted by molar-refractivity contribution is 7.17. The molecule has 1 aromatic carbocycles. The second-order valence-electron chi connectivity index (χ2n) is 3.69. The average Bonchev–Trinajstić information content (AvgIpc) is 2.83. The Hall–Kier alpha value is -1.66. The summed E-state index contributed by atoms with van der Waals surface area (Å²) >= 11 is 6.67. The van der Waals surface area contributed by atoms with E-state index in [1.807, 2.05) is 19.1 Å². The van der Waals surface area contributed by atoms with E-state index in [2.05, 4.69) is 15.5 Å². The third-order valence-electron chi connectivity index (χ3n) is 2.16. The van der Waals surface area contributed by atoms with Crippen LogP contribution in [-0.4, -0.2) is 22.7 Å². The summed E-state index contributed by atoms with van der Waals surface area (Å²) in [5.41, 5.74) is 0.643. The number of nitrogens with one attached hydrogen (secondary N) is 1. The molecule has 0 bridgehead atoms. The first-order valence-electron chi connectivity index (χ1n) is 5.72. The smallest absolute Gasteiger partial charge is 0.286 e. The number of amides is 1. The zero-order chi connectivity index (χ0) is 13.7. The molecule has 0 aliphatic rings. The number of carbonyl (C=O) groups excluding carboxylic acids is 1. The van der Waals surface area contributed by atoms with Crippen LogP contribution in [0.25, 0.3) is 0 Å². The highest BCUT2D eigenvalue weighted by Gasteiger charge is 2.12. The van der Waals surface area contributed by atoms with E-state index >= 15 is 0 Å². The number of anilines is 1. The van der Waals surface area contributed by atoms with E-state index in [1.165, 1.54) is 0 Å². The standard InChI is InChI=1S/C12H12ClN3O2S/c1-2-6-18-9-5-3-4-8(7-9)14-10(17)11-15-16-12(13)19-11/h3-5,7H,2,6H2,1H3,(H,14,17). The van der Waals surface area contributed by atoms with Crippen molar-refractivity contribution in [2.75, 3.05) is 11.9 Å². The van der Waals surface area contributed by atoms with Crippen molar-refractivity contribution in [1.29, 1.82) is 0 Å². The molecule has 0 fully saturated rings. The molecule has 1 heterocycles. The summed E-state index contributed by atoms with van der Waals surface area (Å²) in [5.74, 6) is 0.381. The summed E-state index contributed by atoms with van der Waals surface area (Å²) in [6.07, 6.45) is 0.930. The number of rotatable bonds is 5. The Kier molecular flexibility index (Phi) is 4.70. The predicted molar refractivity (Wildman–Crippen MR) is 75.1 cm³/mol. The highest BCUT2D eigenvalue weighted by Crippen LogP contribution is 2.20. The topological polar surface area (TPSA) is 64.1 Å². The molecule has 2 aromatic rings. The van der Waals surface area contributed by atoms with Crippen LogP contribution in [0, 0.1) is 0 Å². The number of ether oxygens (including phenoxy) is 1. The van der Waals surface area contributed by atoms with Crippen molar-refractivity contribution in [3.8, 4) is 5.75 Å². The zero-order valence-electron chi connectivity index (χ0n) is 10.2. The molecule has 7 heteroatoms. The van der Waals surface area contributed by atoms with Crippen molar-refractivity contribution in [3.63, 3.8) is 0 Å². The monoisotopic (exact) mass is 297 g/mol. The summed E-state index contributed by atoms with van der Waals surface area (Å²) in [5, 5.41) is 10.2. The van der Waals surface area contributed by atoms with Gasteiger partial charge in [-0.25, -0.2) is 0 Å². The van der Waals surface area contributed by atoms with Gasteiger partial charge < -0.3 is 10.1 Å². The Morgan fingerprint density at radius 1 is 1.47 bits per heavy atom. The van der Waals surface area contributed by atoms with Gasteiger partial charge in [0, 0.05) is 11.8 Å². The maximum Gasteiger partial charge on any atom is 0.286 e. The Labute approximate surface area is 119 Å². The normalized spacial score (nSPS) is 10.2. The SMILES string of the molecule is CCCOc1cccc(NC(=O)c2nnc(Cl)s2)c1. The fourth-order valence-electron chi connectivity index (χ4n) is 1.37. The van der Waals surface area contributed by atoms with E-state index in [1.54, 1.807) is 12.1 Å². The number of aromatic nitrogens is 2. The van der Waals surface area contributed by atoms with Crippen molar-refractivity contribution in [2.24, 2.45) is 0 Å². The maximum atomic E-state index is 11.9. The second kappa shape index (κ2) is 6.49. The summed E-state index contributed by atoms with van der Waals surface area (Å²) in [6, 6.07) is 7.19. The van der Waals surface area contributed by atoms with Gasteiger partial charge in [-0.05, 0) is 30.2 Å². The summed E-state index contributed by atoms with van der Waals surface area (Å²) < 4.78 is 5.73. The molecule has 19 heavy (non-hydrogen) atoms. The lowest BCUT2D eigenvalue weighted by molar-refractivity contribution is 0.102. The minimum Gasteiger partial charge on any atom is -0.494 e. The molecule has 0 aliphatic carbocycles. The fourth-order valence-corrected chi connectivity index (χ4v) is 2.09. The first kappa shape index (κ1) is 13.8. The Balaban J connectivity index is 2.04.